The predicted octanol–water partition coefficient (Wildman–Crippen LogP) is 2.74. The highest BCUT2D eigenvalue weighted by Gasteiger charge is 2.14. The largest absolute Gasteiger partial charge is 0.326 e. The van der Waals surface area contributed by atoms with Crippen molar-refractivity contribution in [1.82, 2.24) is 4.72 Å². The van der Waals surface area contributed by atoms with Gasteiger partial charge in [0.2, 0.25) is 21.8 Å². The number of carbonyl (C=O) groups is 2. The van der Waals surface area contributed by atoms with E-state index in [1.165, 1.54) is 19.1 Å². The Bertz CT molecular complexity index is 949. The van der Waals surface area contributed by atoms with Crippen molar-refractivity contribution < 1.29 is 22.4 Å². The summed E-state index contributed by atoms with van der Waals surface area (Å²) in [5, 5.41) is 5.37. The summed E-state index contributed by atoms with van der Waals surface area (Å²) in [6.45, 7) is 1.21. The number of anilines is 2. The molecule has 10 heteroatoms. The Morgan fingerprint density at radius 1 is 1.07 bits per heavy atom. The molecule has 0 atom stereocenters. The van der Waals surface area contributed by atoms with Gasteiger partial charge in [-0.05, 0) is 42.5 Å². The summed E-state index contributed by atoms with van der Waals surface area (Å²) in [6, 6.07) is 8.90. The van der Waals surface area contributed by atoms with Crippen molar-refractivity contribution in [3.8, 4) is 0 Å². The molecule has 0 aliphatic carbocycles. The fourth-order valence-electron chi connectivity index (χ4n) is 2.10. The van der Waals surface area contributed by atoms with Crippen molar-refractivity contribution in [1.29, 1.82) is 0 Å². The van der Waals surface area contributed by atoms with Crippen LogP contribution in [0.25, 0.3) is 0 Å². The van der Waals surface area contributed by atoms with Crippen molar-refractivity contribution in [2.24, 2.45) is 0 Å². The van der Waals surface area contributed by atoms with E-state index in [0.29, 0.717) is 11.4 Å². The zero-order chi connectivity index (χ0) is 20.0. The summed E-state index contributed by atoms with van der Waals surface area (Å²) in [4.78, 5) is 22.9. The molecule has 0 aromatic heterocycles. The monoisotopic (exact) mass is 413 g/mol. The molecule has 3 N–H and O–H groups in total. The van der Waals surface area contributed by atoms with Gasteiger partial charge in [0.05, 0.1) is 15.6 Å². The van der Waals surface area contributed by atoms with Crippen LogP contribution in [0.5, 0.6) is 0 Å². The first-order valence-electron chi connectivity index (χ1n) is 7.79. The molecule has 0 saturated carbocycles. The Kier molecular flexibility index (Phi) is 6.89. The molecule has 0 bridgehead atoms. The Balaban J connectivity index is 1.88. The molecule has 2 rings (SSSR count). The zero-order valence-corrected chi connectivity index (χ0v) is 15.8. The van der Waals surface area contributed by atoms with Crippen LogP contribution in [-0.2, 0) is 19.6 Å². The van der Waals surface area contributed by atoms with Crippen LogP contribution in [0.4, 0.5) is 15.8 Å². The zero-order valence-electron chi connectivity index (χ0n) is 14.3. The Morgan fingerprint density at radius 3 is 2.33 bits per heavy atom. The van der Waals surface area contributed by atoms with E-state index in [1.807, 2.05) is 0 Å². The number of carbonyl (C=O) groups excluding carboxylic acids is 2. The van der Waals surface area contributed by atoms with Crippen LogP contribution >= 0.6 is 11.6 Å². The highest BCUT2D eigenvalue weighted by atomic mass is 35.5. The number of rotatable bonds is 7. The first-order chi connectivity index (χ1) is 12.7. The van der Waals surface area contributed by atoms with Gasteiger partial charge in [-0.25, -0.2) is 17.5 Å². The summed E-state index contributed by atoms with van der Waals surface area (Å²) in [5.41, 5.74) is 0.815. The van der Waals surface area contributed by atoms with Gasteiger partial charge in [0.15, 0.2) is 0 Å². The number of halogens is 2. The van der Waals surface area contributed by atoms with Gasteiger partial charge < -0.3 is 10.6 Å². The first kappa shape index (κ1) is 20.8. The second kappa shape index (κ2) is 8.94. The van der Waals surface area contributed by atoms with E-state index >= 15 is 0 Å². The average molecular weight is 414 g/mol. The lowest BCUT2D eigenvalue weighted by Crippen LogP contribution is -2.27. The van der Waals surface area contributed by atoms with E-state index in [4.69, 9.17) is 11.6 Å². The van der Waals surface area contributed by atoms with E-state index < -0.39 is 21.7 Å². The van der Waals surface area contributed by atoms with Gasteiger partial charge in [0.25, 0.3) is 0 Å². The Morgan fingerprint density at radius 2 is 1.74 bits per heavy atom. The van der Waals surface area contributed by atoms with Crippen molar-refractivity contribution in [3.05, 3.63) is 53.3 Å². The van der Waals surface area contributed by atoms with Crippen LogP contribution in [0, 0.1) is 5.82 Å². The smallest absolute Gasteiger partial charge is 0.240 e. The van der Waals surface area contributed by atoms with E-state index in [9.17, 15) is 22.4 Å². The van der Waals surface area contributed by atoms with E-state index in [-0.39, 0.29) is 28.8 Å². The molecule has 2 aromatic rings. The van der Waals surface area contributed by atoms with Gasteiger partial charge in [0, 0.05) is 25.6 Å². The van der Waals surface area contributed by atoms with Crippen LogP contribution < -0.4 is 15.4 Å². The molecule has 7 nitrogen and oxygen atoms in total. The molecular formula is C17H17ClFN3O4S. The maximum atomic E-state index is 12.9. The Labute approximate surface area is 161 Å². The lowest BCUT2D eigenvalue weighted by molar-refractivity contribution is -0.116. The fraction of sp³-hybridized carbons (Fsp3) is 0.176. The number of amides is 2. The third kappa shape index (κ3) is 6.31. The third-order valence-corrected chi connectivity index (χ3v) is 5.12. The van der Waals surface area contributed by atoms with Gasteiger partial charge >= 0.3 is 0 Å². The number of hydrogen-bond donors (Lipinski definition) is 3. The number of hydrogen-bond acceptors (Lipinski definition) is 4. The summed E-state index contributed by atoms with van der Waals surface area (Å²) >= 11 is 6.02. The predicted molar refractivity (Wildman–Crippen MR) is 101 cm³/mol. The molecule has 0 radical (unpaired) electrons. The maximum Gasteiger partial charge on any atom is 0.240 e. The molecule has 0 aliphatic rings. The quantitative estimate of drug-likeness (QED) is 0.649. The molecule has 144 valence electrons. The van der Waals surface area contributed by atoms with Crippen molar-refractivity contribution in [3.63, 3.8) is 0 Å². The lowest BCUT2D eigenvalue weighted by Gasteiger charge is -2.10. The normalized spacial score (nSPS) is 11.1. The molecule has 0 unspecified atom stereocenters. The van der Waals surface area contributed by atoms with Crippen molar-refractivity contribution in [2.75, 3.05) is 17.2 Å². The van der Waals surface area contributed by atoms with Crippen LogP contribution in [0.15, 0.2) is 47.4 Å². The molecule has 0 fully saturated rings. The second-order valence-electron chi connectivity index (χ2n) is 5.53. The highest BCUT2D eigenvalue weighted by Crippen LogP contribution is 2.25. The second-order valence-corrected chi connectivity index (χ2v) is 7.70. The fourth-order valence-corrected chi connectivity index (χ4v) is 3.36. The van der Waals surface area contributed by atoms with E-state index in [1.54, 1.807) is 6.07 Å². The summed E-state index contributed by atoms with van der Waals surface area (Å²) in [5.74, 6) is -1.25. The minimum Gasteiger partial charge on any atom is -0.326 e. The van der Waals surface area contributed by atoms with Gasteiger partial charge in [0.1, 0.15) is 5.82 Å². The molecule has 0 aliphatic heterocycles. The van der Waals surface area contributed by atoms with Gasteiger partial charge in [-0.2, -0.15) is 0 Å². The molecule has 0 saturated heterocycles. The molecular weight excluding hydrogens is 397 g/mol. The maximum absolute atomic E-state index is 12.9. The minimum atomic E-state index is -3.83. The average Bonchev–Trinajstić information content (AvgIpc) is 2.57. The molecule has 2 amide bonds. The third-order valence-electron chi connectivity index (χ3n) is 3.33. The van der Waals surface area contributed by atoms with Crippen LogP contribution in [0.3, 0.4) is 0 Å². The standard InChI is InChI=1S/C17H17ClFN3O4S/c1-11(23)21-16-7-4-13(10-15(16)18)22-17(24)8-9-20-27(25,26)14-5-2-12(19)3-6-14/h2-7,10,20H,8-9H2,1H3,(H,21,23)(H,22,24). The van der Waals surface area contributed by atoms with Crippen molar-refractivity contribution in [2.45, 2.75) is 18.2 Å². The summed E-state index contributed by atoms with van der Waals surface area (Å²) in [7, 11) is -3.83. The Hall–Kier alpha value is -2.49. The van der Waals surface area contributed by atoms with Crippen molar-refractivity contribution >= 4 is 44.8 Å². The minimum absolute atomic E-state index is 0.0929. The lowest BCUT2D eigenvalue weighted by atomic mass is 10.2. The van der Waals surface area contributed by atoms with Gasteiger partial charge in [-0.3, -0.25) is 9.59 Å². The molecule has 0 heterocycles. The first-order valence-corrected chi connectivity index (χ1v) is 9.66. The SMILES string of the molecule is CC(=O)Nc1ccc(NC(=O)CCNS(=O)(=O)c2ccc(F)cc2)cc1Cl. The van der Waals surface area contributed by atoms with Gasteiger partial charge in [-0.15, -0.1) is 0 Å². The van der Waals surface area contributed by atoms with E-state index in [2.05, 4.69) is 15.4 Å². The number of benzene rings is 2. The van der Waals surface area contributed by atoms with Gasteiger partial charge in [-0.1, -0.05) is 11.6 Å². The van der Waals surface area contributed by atoms with E-state index in [0.717, 1.165) is 24.3 Å². The molecule has 0 spiro atoms. The molecule has 27 heavy (non-hydrogen) atoms. The van der Waals surface area contributed by atoms with Crippen LogP contribution in [0.2, 0.25) is 5.02 Å². The van der Waals surface area contributed by atoms with Crippen LogP contribution in [-0.4, -0.2) is 26.8 Å². The van der Waals surface area contributed by atoms with Crippen LogP contribution in [0.1, 0.15) is 13.3 Å². The highest BCUT2D eigenvalue weighted by molar-refractivity contribution is 7.89. The number of sulfonamides is 1. The summed E-state index contributed by atoms with van der Waals surface area (Å²) in [6.07, 6.45) is -0.120. The topological polar surface area (TPSA) is 104 Å². The summed E-state index contributed by atoms with van der Waals surface area (Å²) < 4.78 is 39.2. The number of nitrogens with one attached hydrogen (secondary N) is 3. The molecule has 2 aromatic carbocycles.